The van der Waals surface area contributed by atoms with Crippen molar-refractivity contribution in [1.29, 1.82) is 0 Å². The zero-order chi connectivity index (χ0) is 13.3. The highest BCUT2D eigenvalue weighted by molar-refractivity contribution is 7.89. The maximum absolute atomic E-state index is 11.5. The summed E-state index contributed by atoms with van der Waals surface area (Å²) >= 11 is 0. The summed E-state index contributed by atoms with van der Waals surface area (Å²) in [6, 6.07) is 8.03. The number of nitrogens with one attached hydrogen (secondary N) is 1. The van der Waals surface area contributed by atoms with E-state index in [-0.39, 0.29) is 5.75 Å². The minimum atomic E-state index is -3.15. The van der Waals surface area contributed by atoms with Crippen LogP contribution in [0.25, 0.3) is 10.9 Å². The van der Waals surface area contributed by atoms with E-state index in [1.54, 1.807) is 6.92 Å². The van der Waals surface area contributed by atoms with E-state index in [1.807, 2.05) is 38.2 Å². The van der Waals surface area contributed by atoms with Crippen LogP contribution in [-0.2, 0) is 23.6 Å². The second kappa shape index (κ2) is 4.74. The molecule has 0 bridgehead atoms. The summed E-state index contributed by atoms with van der Waals surface area (Å²) in [5.74, 6) is 0.108. The Morgan fingerprint density at radius 3 is 2.61 bits per heavy atom. The predicted octanol–water partition coefficient (Wildman–Crippen LogP) is 1.93. The number of benzene rings is 1. The molecule has 0 atom stereocenters. The fraction of sp³-hybridized carbons (Fsp3) is 0.385. The predicted molar refractivity (Wildman–Crippen MR) is 74.0 cm³/mol. The molecule has 18 heavy (non-hydrogen) atoms. The summed E-state index contributed by atoms with van der Waals surface area (Å²) in [7, 11) is -1.16. The van der Waals surface area contributed by atoms with Gasteiger partial charge in [0, 0.05) is 30.2 Å². The Balaban J connectivity index is 2.42. The van der Waals surface area contributed by atoms with Crippen molar-refractivity contribution < 1.29 is 8.42 Å². The molecule has 0 amide bonds. The monoisotopic (exact) mass is 266 g/mol. The summed E-state index contributed by atoms with van der Waals surface area (Å²) in [6.07, 6.45) is 0. The number of hydrogen-bond donors (Lipinski definition) is 1. The SMILES string of the molecule is CCS(=O)(=O)NCc1c(C)n(C)c2ccccc12. The van der Waals surface area contributed by atoms with Gasteiger partial charge in [-0.25, -0.2) is 13.1 Å². The van der Waals surface area contributed by atoms with Crippen molar-refractivity contribution in [1.82, 2.24) is 9.29 Å². The molecular weight excluding hydrogens is 248 g/mol. The van der Waals surface area contributed by atoms with Crippen LogP contribution in [-0.4, -0.2) is 18.7 Å². The molecule has 0 spiro atoms. The molecule has 0 aliphatic heterocycles. The molecule has 0 unspecified atom stereocenters. The number of aromatic nitrogens is 1. The van der Waals surface area contributed by atoms with Gasteiger partial charge >= 0.3 is 0 Å². The Labute approximate surface area is 108 Å². The molecule has 0 saturated carbocycles. The lowest BCUT2D eigenvalue weighted by Crippen LogP contribution is -2.24. The van der Waals surface area contributed by atoms with E-state index < -0.39 is 10.0 Å². The third kappa shape index (κ3) is 2.28. The number of fused-ring (bicyclic) bond motifs is 1. The maximum atomic E-state index is 11.5. The summed E-state index contributed by atoms with van der Waals surface area (Å²) in [5.41, 5.74) is 3.26. The normalized spacial score (nSPS) is 12.2. The van der Waals surface area contributed by atoms with Crippen LogP contribution in [0.15, 0.2) is 24.3 Å². The first-order valence-electron chi connectivity index (χ1n) is 5.96. The van der Waals surface area contributed by atoms with Crippen molar-refractivity contribution in [2.75, 3.05) is 5.75 Å². The molecule has 1 heterocycles. The fourth-order valence-electron chi connectivity index (χ4n) is 2.11. The lowest BCUT2D eigenvalue weighted by Gasteiger charge is -2.05. The molecule has 1 aromatic carbocycles. The van der Waals surface area contributed by atoms with Gasteiger partial charge in [-0.1, -0.05) is 18.2 Å². The minimum Gasteiger partial charge on any atom is -0.348 e. The van der Waals surface area contributed by atoms with Gasteiger partial charge < -0.3 is 4.57 Å². The second-order valence-electron chi connectivity index (χ2n) is 4.36. The van der Waals surface area contributed by atoms with Gasteiger partial charge in [0.25, 0.3) is 0 Å². The topological polar surface area (TPSA) is 51.1 Å². The van der Waals surface area contributed by atoms with Crippen molar-refractivity contribution in [3.8, 4) is 0 Å². The zero-order valence-electron chi connectivity index (χ0n) is 10.9. The Kier molecular flexibility index (Phi) is 3.45. The number of nitrogens with zero attached hydrogens (tertiary/aromatic N) is 1. The average Bonchev–Trinajstić information content (AvgIpc) is 2.61. The first-order chi connectivity index (χ1) is 8.46. The minimum absolute atomic E-state index is 0.108. The molecule has 5 heteroatoms. The Morgan fingerprint density at radius 1 is 1.28 bits per heavy atom. The van der Waals surface area contributed by atoms with E-state index in [1.165, 1.54) is 0 Å². The van der Waals surface area contributed by atoms with Crippen molar-refractivity contribution in [2.45, 2.75) is 20.4 Å². The van der Waals surface area contributed by atoms with Crippen molar-refractivity contribution in [3.05, 3.63) is 35.5 Å². The molecule has 1 aromatic heterocycles. The van der Waals surface area contributed by atoms with Gasteiger partial charge in [-0.2, -0.15) is 0 Å². The van der Waals surface area contributed by atoms with E-state index in [0.29, 0.717) is 6.54 Å². The highest BCUT2D eigenvalue weighted by Gasteiger charge is 2.13. The summed E-state index contributed by atoms with van der Waals surface area (Å²) < 4.78 is 27.7. The van der Waals surface area contributed by atoms with Gasteiger partial charge in [-0.05, 0) is 25.5 Å². The van der Waals surface area contributed by atoms with Gasteiger partial charge in [-0.3, -0.25) is 0 Å². The fourth-order valence-corrected chi connectivity index (χ4v) is 2.68. The quantitative estimate of drug-likeness (QED) is 0.919. The Morgan fingerprint density at radius 2 is 1.94 bits per heavy atom. The van der Waals surface area contributed by atoms with Gasteiger partial charge in [0.05, 0.1) is 5.75 Å². The van der Waals surface area contributed by atoms with Crippen LogP contribution in [0.5, 0.6) is 0 Å². The summed E-state index contributed by atoms with van der Waals surface area (Å²) in [6.45, 7) is 4.00. The Hall–Kier alpha value is -1.33. The molecule has 0 saturated heterocycles. The zero-order valence-corrected chi connectivity index (χ0v) is 11.7. The van der Waals surface area contributed by atoms with Gasteiger partial charge in [0.1, 0.15) is 0 Å². The lowest BCUT2D eigenvalue weighted by atomic mass is 10.1. The number of para-hydroxylation sites is 1. The molecule has 2 aromatic rings. The number of rotatable bonds is 4. The van der Waals surface area contributed by atoms with Crippen molar-refractivity contribution >= 4 is 20.9 Å². The highest BCUT2D eigenvalue weighted by Crippen LogP contribution is 2.24. The third-order valence-corrected chi connectivity index (χ3v) is 4.72. The van der Waals surface area contributed by atoms with Crippen LogP contribution in [0.3, 0.4) is 0 Å². The lowest BCUT2D eigenvalue weighted by molar-refractivity contribution is 0.582. The molecule has 98 valence electrons. The second-order valence-corrected chi connectivity index (χ2v) is 6.46. The van der Waals surface area contributed by atoms with Gasteiger partial charge in [0.15, 0.2) is 0 Å². The van der Waals surface area contributed by atoms with Crippen LogP contribution >= 0.6 is 0 Å². The van der Waals surface area contributed by atoms with Crippen molar-refractivity contribution in [3.63, 3.8) is 0 Å². The first-order valence-corrected chi connectivity index (χ1v) is 7.61. The van der Waals surface area contributed by atoms with Crippen molar-refractivity contribution in [2.24, 2.45) is 7.05 Å². The average molecular weight is 266 g/mol. The third-order valence-electron chi connectivity index (χ3n) is 3.38. The molecule has 0 aliphatic rings. The first kappa shape index (κ1) is 13.1. The van der Waals surface area contributed by atoms with Crippen LogP contribution in [0.2, 0.25) is 0 Å². The van der Waals surface area contributed by atoms with Gasteiger partial charge in [0.2, 0.25) is 10.0 Å². The van der Waals surface area contributed by atoms with Crippen LogP contribution in [0.1, 0.15) is 18.2 Å². The molecule has 2 rings (SSSR count). The molecule has 0 aliphatic carbocycles. The van der Waals surface area contributed by atoms with E-state index in [0.717, 1.165) is 22.2 Å². The number of aryl methyl sites for hydroxylation is 1. The number of hydrogen-bond acceptors (Lipinski definition) is 2. The number of sulfonamides is 1. The summed E-state index contributed by atoms with van der Waals surface area (Å²) in [5, 5.41) is 1.11. The standard InChI is InChI=1S/C13H18N2O2S/c1-4-18(16,17)14-9-12-10(2)15(3)13-8-6-5-7-11(12)13/h5-8,14H,4,9H2,1-3H3. The molecule has 4 nitrogen and oxygen atoms in total. The van der Waals surface area contributed by atoms with E-state index in [9.17, 15) is 8.42 Å². The van der Waals surface area contributed by atoms with E-state index in [2.05, 4.69) is 9.29 Å². The molecule has 0 radical (unpaired) electrons. The van der Waals surface area contributed by atoms with Crippen LogP contribution < -0.4 is 4.72 Å². The van der Waals surface area contributed by atoms with E-state index in [4.69, 9.17) is 0 Å². The molecular formula is C13H18N2O2S. The Bertz CT molecular complexity index is 672. The van der Waals surface area contributed by atoms with Crippen LogP contribution in [0, 0.1) is 6.92 Å². The maximum Gasteiger partial charge on any atom is 0.211 e. The van der Waals surface area contributed by atoms with Gasteiger partial charge in [-0.15, -0.1) is 0 Å². The van der Waals surface area contributed by atoms with Crippen LogP contribution in [0.4, 0.5) is 0 Å². The smallest absolute Gasteiger partial charge is 0.211 e. The largest absolute Gasteiger partial charge is 0.348 e. The van der Waals surface area contributed by atoms with E-state index >= 15 is 0 Å². The highest BCUT2D eigenvalue weighted by atomic mass is 32.2. The molecule has 1 N–H and O–H groups in total. The summed E-state index contributed by atoms with van der Waals surface area (Å²) in [4.78, 5) is 0. The molecule has 0 fully saturated rings.